The Morgan fingerprint density at radius 3 is 1.88 bits per heavy atom. The van der Waals surface area contributed by atoms with E-state index < -0.39 is 30.3 Å². The fraction of sp³-hybridized carbons (Fsp3) is 0.308. The van der Waals surface area contributed by atoms with Crippen molar-refractivity contribution in [3.05, 3.63) is 30.3 Å². The third-order valence-electron chi connectivity index (χ3n) is 2.89. The van der Waals surface area contributed by atoms with Gasteiger partial charge in [0.1, 0.15) is 0 Å². The van der Waals surface area contributed by atoms with Crippen molar-refractivity contribution < 1.29 is 31.1 Å². The molecule has 1 saturated heterocycles. The van der Waals surface area contributed by atoms with Crippen LogP contribution >= 0.6 is 0 Å². The van der Waals surface area contributed by atoms with Gasteiger partial charge in [0.05, 0.1) is 5.69 Å². The predicted molar refractivity (Wildman–Crippen MR) is 73.7 cm³/mol. The molecule has 0 unspecified atom stereocenters. The summed E-state index contributed by atoms with van der Waals surface area (Å²) in [5, 5.41) is 0. The standard InChI is InChI=1S/C13H10F6N4O/c1-2-22-9(20-12(14,15)16)10(21-13(17,18)19)23(11(22)24)8-6-4-3-5-7-8/h3-7H,2H2,1H3. The molecule has 24 heavy (non-hydrogen) atoms. The van der Waals surface area contributed by atoms with Crippen LogP contribution in [0, 0.1) is 0 Å². The van der Waals surface area contributed by atoms with Gasteiger partial charge in [-0.15, -0.1) is 26.3 Å². The first kappa shape index (κ1) is 17.8. The maximum atomic E-state index is 12.7. The highest BCUT2D eigenvalue weighted by Crippen LogP contribution is 2.29. The molecule has 0 aliphatic carbocycles. The summed E-state index contributed by atoms with van der Waals surface area (Å²) in [6, 6.07) is 5.82. The topological polar surface area (TPSA) is 48.3 Å². The minimum absolute atomic E-state index is 0.0590. The quantitative estimate of drug-likeness (QED) is 0.590. The monoisotopic (exact) mass is 352 g/mol. The zero-order valence-corrected chi connectivity index (χ0v) is 12.1. The molecule has 0 aromatic heterocycles. The molecule has 0 radical (unpaired) electrons. The van der Waals surface area contributed by atoms with Crippen molar-refractivity contribution in [2.75, 3.05) is 11.4 Å². The molecule has 0 saturated carbocycles. The number of para-hydroxylation sites is 1. The molecule has 1 aromatic carbocycles. The molecule has 1 heterocycles. The molecule has 0 atom stereocenters. The molecule has 130 valence electrons. The van der Waals surface area contributed by atoms with Gasteiger partial charge in [0.15, 0.2) is 11.7 Å². The van der Waals surface area contributed by atoms with Crippen molar-refractivity contribution in [2.24, 2.45) is 9.98 Å². The van der Waals surface area contributed by atoms with Gasteiger partial charge < -0.3 is 0 Å². The third-order valence-corrected chi connectivity index (χ3v) is 2.89. The van der Waals surface area contributed by atoms with E-state index in [1.807, 2.05) is 0 Å². The number of likely N-dealkylation sites (N-methyl/N-ethyl adjacent to an activating group) is 1. The number of anilines is 1. The summed E-state index contributed by atoms with van der Waals surface area (Å²) in [5.74, 6) is -2.42. The number of rotatable bonds is 2. The van der Waals surface area contributed by atoms with Crippen LogP contribution in [0.3, 0.4) is 0 Å². The number of carbonyl (C=O) groups excluding carboxylic acids is 1. The van der Waals surface area contributed by atoms with Gasteiger partial charge in [0, 0.05) is 6.54 Å². The number of nitrogens with zero attached hydrogens (tertiary/aromatic N) is 4. The Kier molecular flexibility index (Phi) is 4.54. The van der Waals surface area contributed by atoms with Crippen LogP contribution in [0.15, 0.2) is 40.3 Å². The maximum Gasteiger partial charge on any atom is 0.505 e. The Hall–Kier alpha value is -2.59. The molecule has 1 aromatic rings. The Morgan fingerprint density at radius 2 is 1.42 bits per heavy atom. The molecule has 0 N–H and O–H groups in total. The van der Waals surface area contributed by atoms with Crippen LogP contribution in [-0.4, -0.2) is 41.7 Å². The smallest absolute Gasteiger partial charge is 0.275 e. The molecule has 0 bridgehead atoms. The van der Waals surface area contributed by atoms with Crippen LogP contribution in [0.4, 0.5) is 36.8 Å². The Balaban J connectivity index is 2.68. The van der Waals surface area contributed by atoms with Crippen molar-refractivity contribution in [1.29, 1.82) is 0 Å². The summed E-state index contributed by atoms with van der Waals surface area (Å²) in [6.45, 7) is 0.997. The lowest BCUT2D eigenvalue weighted by molar-refractivity contribution is -0.121. The summed E-state index contributed by atoms with van der Waals surface area (Å²) in [5.41, 5.74) is -0.0590. The van der Waals surface area contributed by atoms with E-state index in [0.717, 1.165) is 0 Å². The number of halogens is 6. The highest BCUT2D eigenvalue weighted by molar-refractivity contribution is 6.56. The predicted octanol–water partition coefficient (Wildman–Crippen LogP) is 3.79. The van der Waals surface area contributed by atoms with Gasteiger partial charge in [0.25, 0.3) is 0 Å². The number of alkyl halides is 6. The fourth-order valence-corrected chi connectivity index (χ4v) is 2.07. The summed E-state index contributed by atoms with van der Waals surface area (Å²) in [6.07, 6.45) is -10.3. The molecular formula is C13H10F6N4O. The van der Waals surface area contributed by atoms with Gasteiger partial charge in [-0.05, 0) is 19.1 Å². The van der Waals surface area contributed by atoms with Gasteiger partial charge in [-0.2, -0.15) is 9.98 Å². The summed E-state index contributed by atoms with van der Waals surface area (Å²) >= 11 is 0. The van der Waals surface area contributed by atoms with Crippen LogP contribution in [0.5, 0.6) is 0 Å². The fourth-order valence-electron chi connectivity index (χ4n) is 2.07. The van der Waals surface area contributed by atoms with Gasteiger partial charge in [-0.3, -0.25) is 4.90 Å². The van der Waals surface area contributed by atoms with Gasteiger partial charge in [-0.1, -0.05) is 18.2 Å². The summed E-state index contributed by atoms with van der Waals surface area (Å²) in [7, 11) is 0. The normalized spacial score (nSPS) is 19.7. The van der Waals surface area contributed by atoms with Crippen LogP contribution in [-0.2, 0) is 0 Å². The second kappa shape index (κ2) is 6.13. The molecule has 1 aliphatic rings. The van der Waals surface area contributed by atoms with Crippen LogP contribution in [0.25, 0.3) is 0 Å². The lowest BCUT2D eigenvalue weighted by Gasteiger charge is -2.16. The Bertz CT molecular complexity index is 680. The zero-order valence-electron chi connectivity index (χ0n) is 12.1. The van der Waals surface area contributed by atoms with E-state index in [4.69, 9.17) is 0 Å². The van der Waals surface area contributed by atoms with Crippen LogP contribution in [0.2, 0.25) is 0 Å². The first-order chi connectivity index (χ1) is 11.0. The molecule has 1 aliphatic heterocycles. The highest BCUT2D eigenvalue weighted by Gasteiger charge is 2.46. The van der Waals surface area contributed by atoms with E-state index in [1.165, 1.54) is 37.3 Å². The molecule has 11 heteroatoms. The van der Waals surface area contributed by atoms with Crippen LogP contribution < -0.4 is 4.90 Å². The number of benzene rings is 1. The summed E-state index contributed by atoms with van der Waals surface area (Å²) < 4.78 is 75.8. The average Bonchev–Trinajstić information content (AvgIpc) is 2.68. The second-order valence-electron chi connectivity index (χ2n) is 4.50. The van der Waals surface area contributed by atoms with Crippen molar-refractivity contribution in [3.8, 4) is 0 Å². The third kappa shape index (κ3) is 3.84. The number of amides is 2. The lowest BCUT2D eigenvalue weighted by Crippen LogP contribution is -2.33. The van der Waals surface area contributed by atoms with Crippen molar-refractivity contribution in [3.63, 3.8) is 0 Å². The molecule has 1 fully saturated rings. The number of aliphatic imine (C=N–C) groups is 2. The highest BCUT2D eigenvalue weighted by atomic mass is 19.4. The number of hydrogen-bond donors (Lipinski definition) is 0. The lowest BCUT2D eigenvalue weighted by atomic mass is 10.3. The number of carbonyl (C=O) groups is 1. The van der Waals surface area contributed by atoms with Gasteiger partial charge >= 0.3 is 18.6 Å². The molecular weight excluding hydrogens is 342 g/mol. The van der Waals surface area contributed by atoms with E-state index in [0.29, 0.717) is 9.80 Å². The number of amidine groups is 2. The van der Waals surface area contributed by atoms with Crippen molar-refractivity contribution in [2.45, 2.75) is 19.5 Å². The van der Waals surface area contributed by atoms with E-state index in [-0.39, 0.29) is 12.2 Å². The van der Waals surface area contributed by atoms with E-state index >= 15 is 0 Å². The van der Waals surface area contributed by atoms with Gasteiger partial charge in [0.2, 0.25) is 0 Å². The molecule has 2 amide bonds. The number of hydrogen-bond acceptors (Lipinski definition) is 3. The van der Waals surface area contributed by atoms with E-state index in [9.17, 15) is 31.1 Å². The first-order valence-electron chi connectivity index (χ1n) is 6.53. The molecule has 5 nitrogen and oxygen atoms in total. The average molecular weight is 352 g/mol. The Labute approximate surface area is 131 Å². The Morgan fingerprint density at radius 1 is 0.917 bits per heavy atom. The summed E-state index contributed by atoms with van der Waals surface area (Å²) in [4.78, 5) is 17.8. The van der Waals surface area contributed by atoms with E-state index in [2.05, 4.69) is 9.98 Å². The number of urea groups is 1. The van der Waals surface area contributed by atoms with Crippen LogP contribution in [0.1, 0.15) is 6.92 Å². The van der Waals surface area contributed by atoms with E-state index in [1.54, 1.807) is 0 Å². The minimum Gasteiger partial charge on any atom is -0.275 e. The maximum absolute atomic E-state index is 12.7. The van der Waals surface area contributed by atoms with Crippen molar-refractivity contribution >= 4 is 23.4 Å². The molecule has 2 rings (SSSR count). The van der Waals surface area contributed by atoms with Gasteiger partial charge in [-0.25, -0.2) is 9.69 Å². The molecule has 0 spiro atoms. The van der Waals surface area contributed by atoms with Crippen molar-refractivity contribution in [1.82, 2.24) is 4.90 Å². The SMILES string of the molecule is CCN1C(=O)N(c2ccccc2)C(=NC(F)(F)F)C1=NC(F)(F)F. The largest absolute Gasteiger partial charge is 0.505 e. The minimum atomic E-state index is -5.18. The second-order valence-corrected chi connectivity index (χ2v) is 4.50. The first-order valence-corrected chi connectivity index (χ1v) is 6.53. The zero-order chi connectivity index (χ0) is 18.1.